The number of phosphoric acid groups is 2. The van der Waals surface area contributed by atoms with E-state index in [0.29, 0.717) is 5.69 Å². The summed E-state index contributed by atoms with van der Waals surface area (Å²) in [4.78, 5) is 61.3. The van der Waals surface area contributed by atoms with Crippen molar-refractivity contribution in [1.82, 2.24) is 9.55 Å². The number of H-pyrrole nitrogens is 1. The van der Waals surface area contributed by atoms with Crippen molar-refractivity contribution in [3.63, 3.8) is 0 Å². The second-order valence-electron chi connectivity index (χ2n) is 7.12. The standard InChI is InChI=1S/C18H23N3O13P2/c1-2-30-35(26,27)34-36(28,29)31-10-12-15(33-18(25)19-11-6-4-3-5-7-11)14(23)16(32-12)21-9-8-13(22)20-17(21)24/h3-9,12,14-16,23H,2,10H2,1H3,(H,19,25)(H,26,27)(H,28,29)(H,20,22,24)/p-2/t12-,14+,15?,16-/m1/s1. The first kappa shape index (κ1) is 27.9. The average molecular weight is 549 g/mol. The van der Waals surface area contributed by atoms with E-state index in [1.807, 2.05) is 4.98 Å². The normalized spacial score (nSPS) is 25.0. The van der Waals surface area contributed by atoms with Crippen molar-refractivity contribution < 1.29 is 51.6 Å². The lowest BCUT2D eigenvalue weighted by Gasteiger charge is -2.31. The minimum Gasteiger partial charge on any atom is -0.756 e. The maximum Gasteiger partial charge on any atom is 0.412 e. The molecular formula is C18H21N3O13P2-2. The maximum absolute atomic E-state index is 12.4. The van der Waals surface area contributed by atoms with Gasteiger partial charge in [0.2, 0.25) is 0 Å². The highest BCUT2D eigenvalue weighted by Crippen LogP contribution is 2.55. The monoisotopic (exact) mass is 549 g/mol. The van der Waals surface area contributed by atoms with Gasteiger partial charge < -0.3 is 33.4 Å². The fourth-order valence-electron chi connectivity index (χ4n) is 3.14. The summed E-state index contributed by atoms with van der Waals surface area (Å²) >= 11 is 0. The lowest BCUT2D eigenvalue weighted by Crippen LogP contribution is -2.41. The summed E-state index contributed by atoms with van der Waals surface area (Å²) in [6.45, 7) is -0.123. The van der Waals surface area contributed by atoms with Crippen molar-refractivity contribution >= 4 is 27.4 Å². The molecule has 2 aromatic rings. The van der Waals surface area contributed by atoms with Crippen LogP contribution in [0.25, 0.3) is 0 Å². The molecule has 1 amide bonds. The molecule has 36 heavy (non-hydrogen) atoms. The predicted molar refractivity (Wildman–Crippen MR) is 115 cm³/mol. The Morgan fingerprint density at radius 2 is 1.83 bits per heavy atom. The number of aliphatic hydroxyl groups excluding tert-OH is 1. The maximum atomic E-state index is 12.4. The Labute approximate surface area is 202 Å². The number of hydrogen-bond donors (Lipinski definition) is 3. The van der Waals surface area contributed by atoms with Crippen molar-refractivity contribution in [2.24, 2.45) is 0 Å². The van der Waals surface area contributed by atoms with Crippen molar-refractivity contribution in [3.8, 4) is 0 Å². The number of nitrogens with one attached hydrogen (secondary N) is 2. The number of anilines is 1. The van der Waals surface area contributed by atoms with Gasteiger partial charge in [-0.25, -0.2) is 13.9 Å². The molecule has 1 aromatic heterocycles. The zero-order valence-corrected chi connectivity index (χ0v) is 20.2. The molecule has 0 bridgehead atoms. The van der Waals surface area contributed by atoms with Gasteiger partial charge in [-0.1, -0.05) is 18.2 Å². The number of carbonyl (C=O) groups excluding carboxylic acids is 1. The lowest BCUT2D eigenvalue weighted by molar-refractivity contribution is -0.245. The molecule has 0 saturated carbocycles. The molecule has 0 radical (unpaired) electrons. The van der Waals surface area contributed by atoms with E-state index >= 15 is 0 Å². The molecule has 3 unspecified atom stereocenters. The van der Waals surface area contributed by atoms with Gasteiger partial charge in [0.05, 0.1) is 13.2 Å². The third-order valence-corrected chi connectivity index (χ3v) is 7.22. The number of carbonyl (C=O) groups is 1. The number of benzene rings is 1. The van der Waals surface area contributed by atoms with Gasteiger partial charge in [-0.3, -0.25) is 28.8 Å². The number of rotatable bonds is 10. The fraction of sp³-hybridized carbons (Fsp3) is 0.389. The van der Waals surface area contributed by atoms with Gasteiger partial charge in [0.15, 0.2) is 12.3 Å². The molecule has 18 heteroatoms. The first-order valence-corrected chi connectivity index (χ1v) is 13.1. The molecule has 1 aliphatic heterocycles. The number of para-hydroxylation sites is 1. The summed E-state index contributed by atoms with van der Waals surface area (Å²) in [5, 5.41) is 13.1. The van der Waals surface area contributed by atoms with E-state index in [4.69, 9.17) is 9.47 Å². The first-order chi connectivity index (χ1) is 16.9. The quantitative estimate of drug-likeness (QED) is 0.315. The Balaban J connectivity index is 1.79. The van der Waals surface area contributed by atoms with E-state index < -0.39 is 70.7 Å². The Morgan fingerprint density at radius 1 is 1.17 bits per heavy atom. The highest BCUT2D eigenvalue weighted by atomic mass is 31.3. The summed E-state index contributed by atoms with van der Waals surface area (Å²) in [7, 11) is -10.8. The van der Waals surface area contributed by atoms with Gasteiger partial charge in [-0.2, -0.15) is 0 Å². The van der Waals surface area contributed by atoms with Gasteiger partial charge in [-0.05, 0) is 19.1 Å². The SMILES string of the molecule is CCOP(=O)([O-])OP(=O)([O-])OC[C@H]1O[C@@H](n2ccc(=O)[nH]c2=O)[C@@H](O)C1OC(=O)Nc1ccccc1. The molecule has 0 spiro atoms. The van der Waals surface area contributed by atoms with Crippen LogP contribution in [0.15, 0.2) is 52.2 Å². The van der Waals surface area contributed by atoms with E-state index in [1.165, 1.54) is 19.1 Å². The zero-order chi connectivity index (χ0) is 26.5. The molecule has 0 aliphatic carbocycles. The van der Waals surface area contributed by atoms with Crippen LogP contribution in [-0.2, 0) is 32.0 Å². The van der Waals surface area contributed by atoms with E-state index in [9.17, 15) is 38.4 Å². The number of hydrogen-bond acceptors (Lipinski definition) is 13. The number of aromatic amines is 1. The first-order valence-electron chi connectivity index (χ1n) is 10.2. The molecule has 1 aliphatic rings. The number of amides is 1. The molecule has 198 valence electrons. The van der Waals surface area contributed by atoms with E-state index in [-0.39, 0.29) is 0 Å². The van der Waals surface area contributed by atoms with Crippen LogP contribution < -0.4 is 26.4 Å². The molecule has 3 rings (SSSR count). The van der Waals surface area contributed by atoms with E-state index in [0.717, 1.165) is 16.8 Å². The van der Waals surface area contributed by atoms with Crippen LogP contribution in [0.1, 0.15) is 13.2 Å². The predicted octanol–water partition coefficient (Wildman–Crippen LogP) is -0.581. The zero-order valence-electron chi connectivity index (χ0n) is 18.5. The van der Waals surface area contributed by atoms with E-state index in [2.05, 4.69) is 18.7 Å². The molecule has 2 heterocycles. The third-order valence-electron chi connectivity index (χ3n) is 4.58. The number of ether oxygens (including phenoxy) is 2. The smallest absolute Gasteiger partial charge is 0.412 e. The second-order valence-corrected chi connectivity index (χ2v) is 10.1. The molecule has 1 fully saturated rings. The summed E-state index contributed by atoms with van der Waals surface area (Å²) in [6, 6.07) is 8.98. The van der Waals surface area contributed by atoms with E-state index in [1.54, 1.807) is 18.2 Å². The average Bonchev–Trinajstić information content (AvgIpc) is 3.07. The van der Waals surface area contributed by atoms with Crippen LogP contribution in [0.2, 0.25) is 0 Å². The molecule has 1 aromatic carbocycles. The molecule has 1 saturated heterocycles. The highest BCUT2D eigenvalue weighted by molar-refractivity contribution is 7.59. The Kier molecular flexibility index (Phi) is 9.00. The largest absolute Gasteiger partial charge is 0.756 e. The summed E-state index contributed by atoms with van der Waals surface area (Å²) in [5.41, 5.74) is -1.39. The minimum atomic E-state index is -5.52. The number of phosphoric ester groups is 2. The minimum absolute atomic E-state index is 0.330. The van der Waals surface area contributed by atoms with Crippen LogP contribution in [0.4, 0.5) is 10.5 Å². The molecule has 16 nitrogen and oxygen atoms in total. The summed E-state index contributed by atoms with van der Waals surface area (Å²) < 4.78 is 47.6. The van der Waals surface area contributed by atoms with Crippen molar-refractivity contribution in [1.29, 1.82) is 0 Å². The van der Waals surface area contributed by atoms with Crippen molar-refractivity contribution in [3.05, 3.63) is 63.4 Å². The Morgan fingerprint density at radius 3 is 2.47 bits per heavy atom. The van der Waals surface area contributed by atoms with Gasteiger partial charge in [0, 0.05) is 18.0 Å². The van der Waals surface area contributed by atoms with Crippen LogP contribution in [0.5, 0.6) is 0 Å². The summed E-state index contributed by atoms with van der Waals surface area (Å²) in [5.74, 6) is 0. The van der Waals surface area contributed by atoms with Crippen molar-refractivity contribution in [2.75, 3.05) is 18.5 Å². The van der Waals surface area contributed by atoms with Gasteiger partial charge >= 0.3 is 11.8 Å². The fourth-order valence-corrected chi connectivity index (χ4v) is 5.14. The van der Waals surface area contributed by atoms with Crippen LogP contribution in [0.3, 0.4) is 0 Å². The van der Waals surface area contributed by atoms with Crippen LogP contribution in [-0.4, -0.2) is 52.3 Å². The van der Waals surface area contributed by atoms with Crippen molar-refractivity contribution in [2.45, 2.75) is 31.5 Å². The second kappa shape index (κ2) is 11.6. The molecular weight excluding hydrogens is 528 g/mol. The Bertz CT molecular complexity index is 1270. The molecule has 6 atom stereocenters. The van der Waals surface area contributed by atoms with Crippen LogP contribution >= 0.6 is 15.6 Å². The molecule has 3 N–H and O–H groups in total. The topological polar surface area (TPSA) is 231 Å². The number of aromatic nitrogens is 2. The van der Waals surface area contributed by atoms with Crippen LogP contribution in [0, 0.1) is 0 Å². The third kappa shape index (κ3) is 7.43. The van der Waals surface area contributed by atoms with Gasteiger partial charge in [0.1, 0.15) is 12.2 Å². The van der Waals surface area contributed by atoms with Gasteiger partial charge in [0.25, 0.3) is 21.2 Å². The highest BCUT2D eigenvalue weighted by Gasteiger charge is 2.48. The van der Waals surface area contributed by atoms with Gasteiger partial charge in [-0.15, -0.1) is 0 Å². The number of aliphatic hydroxyl groups is 1. The Hall–Kier alpha value is -2.65. The number of nitrogens with zero attached hydrogens (tertiary/aromatic N) is 1. The summed E-state index contributed by atoms with van der Waals surface area (Å²) in [6.07, 6.45) is -6.56. The lowest BCUT2D eigenvalue weighted by atomic mass is 10.1.